The van der Waals surface area contributed by atoms with E-state index in [1.165, 1.54) is 32.9 Å². The average molecular weight is 490 g/mol. The lowest BCUT2D eigenvalue weighted by Crippen LogP contribution is -2.24. The van der Waals surface area contributed by atoms with Crippen molar-refractivity contribution in [3.05, 3.63) is 82.9 Å². The van der Waals surface area contributed by atoms with Gasteiger partial charge in [-0.1, -0.05) is 92.6 Å². The first-order valence-electron chi connectivity index (χ1n) is 12.2. The van der Waals surface area contributed by atoms with Crippen LogP contribution < -0.4 is 15.3 Å². The third-order valence-electron chi connectivity index (χ3n) is 6.06. The van der Waals surface area contributed by atoms with Crippen molar-refractivity contribution >= 4 is 30.6 Å². The van der Waals surface area contributed by atoms with Crippen LogP contribution >= 0.6 is 8.58 Å². The van der Waals surface area contributed by atoms with Crippen LogP contribution in [-0.4, -0.2) is 19.6 Å². The second-order valence-electron chi connectivity index (χ2n) is 11.1. The van der Waals surface area contributed by atoms with Crippen molar-refractivity contribution in [3.8, 4) is 5.75 Å². The predicted molar refractivity (Wildman–Crippen MR) is 153 cm³/mol. The number of benzene rings is 3. The topological polar surface area (TPSA) is 30.8 Å². The molecule has 0 heterocycles. The normalized spacial score (nSPS) is 13.0. The molecule has 1 atom stereocenters. The van der Waals surface area contributed by atoms with Crippen LogP contribution in [0, 0.1) is 6.92 Å². The van der Waals surface area contributed by atoms with Gasteiger partial charge in [0.25, 0.3) is 0 Å². The van der Waals surface area contributed by atoms with E-state index >= 15 is 0 Å². The Morgan fingerprint density at radius 2 is 1.57 bits per heavy atom. The Labute approximate surface area is 213 Å². The van der Waals surface area contributed by atoms with E-state index < -0.39 is 0 Å². The van der Waals surface area contributed by atoms with Gasteiger partial charge in [0.2, 0.25) is 0 Å². The number of rotatable bonds is 7. The number of methoxy groups -OCH3 is 1. The minimum Gasteiger partial charge on any atom is -0.467 e. The molecule has 0 amide bonds. The van der Waals surface area contributed by atoms with Crippen LogP contribution in [0.15, 0.2) is 65.7 Å². The Kier molecular flexibility index (Phi) is 8.57. The molecule has 0 saturated heterocycles. The molecule has 4 heteroatoms. The maximum absolute atomic E-state index is 6.27. The third kappa shape index (κ3) is 6.81. The van der Waals surface area contributed by atoms with Gasteiger partial charge in [-0.2, -0.15) is 0 Å². The van der Waals surface area contributed by atoms with Crippen molar-refractivity contribution in [2.45, 2.75) is 66.2 Å². The minimum atomic E-state index is -0.0667. The Bertz CT molecular complexity index is 1190. The molecule has 0 aliphatic rings. The van der Waals surface area contributed by atoms with Crippen LogP contribution in [0.4, 0.5) is 5.69 Å². The van der Waals surface area contributed by atoms with Gasteiger partial charge in [0.15, 0.2) is 6.79 Å². The van der Waals surface area contributed by atoms with Crippen molar-refractivity contribution in [1.29, 1.82) is 0 Å². The molecular formula is C31H40NO2P. The number of nitrogens with zero attached hydrogens (tertiary/aromatic N) is 1. The summed E-state index contributed by atoms with van der Waals surface area (Å²) in [7, 11) is 2.10. The van der Waals surface area contributed by atoms with Gasteiger partial charge in [-0.15, -0.1) is 0 Å². The van der Waals surface area contributed by atoms with Gasteiger partial charge in [-0.3, -0.25) is 4.99 Å². The summed E-state index contributed by atoms with van der Waals surface area (Å²) in [6, 6.07) is 21.3. The van der Waals surface area contributed by atoms with Crippen LogP contribution in [-0.2, 0) is 15.6 Å². The molecule has 0 radical (unpaired) electrons. The number of para-hydroxylation sites is 1. The molecule has 0 aliphatic heterocycles. The van der Waals surface area contributed by atoms with Crippen molar-refractivity contribution in [1.82, 2.24) is 0 Å². The van der Waals surface area contributed by atoms with Gasteiger partial charge >= 0.3 is 0 Å². The molecule has 0 aromatic heterocycles. The fourth-order valence-corrected chi connectivity index (χ4v) is 5.51. The number of aryl methyl sites for hydroxylation is 1. The Morgan fingerprint density at radius 1 is 0.886 bits per heavy atom. The highest BCUT2D eigenvalue weighted by molar-refractivity contribution is 7.56. The molecule has 0 spiro atoms. The summed E-state index contributed by atoms with van der Waals surface area (Å²) in [6.45, 7) is 18.1. The Balaban J connectivity index is 2.20. The smallest absolute Gasteiger partial charge is 0.188 e. The summed E-state index contributed by atoms with van der Waals surface area (Å²) >= 11 is 0. The van der Waals surface area contributed by atoms with Gasteiger partial charge in [-0.25, -0.2) is 0 Å². The standard InChI is InChI=1S/C31H40NO2P/c1-21-14-13-17-25(22(2)32-24-15-11-10-12-16-24)29(21)35-27-19-23(30(3,4)5)18-26(31(6,7)8)28(27)34-20-33-9/h10-19,35H,20H2,1-9H3. The minimum absolute atomic E-state index is 0.0261. The van der Waals surface area contributed by atoms with Crippen LogP contribution in [0.25, 0.3) is 0 Å². The first-order chi connectivity index (χ1) is 16.4. The quantitative estimate of drug-likeness (QED) is 0.197. The van der Waals surface area contributed by atoms with E-state index in [1.54, 1.807) is 7.11 Å². The van der Waals surface area contributed by atoms with Crippen LogP contribution in [0.3, 0.4) is 0 Å². The zero-order valence-electron chi connectivity index (χ0n) is 22.7. The molecule has 3 aromatic carbocycles. The van der Waals surface area contributed by atoms with E-state index in [9.17, 15) is 0 Å². The van der Waals surface area contributed by atoms with E-state index in [0.29, 0.717) is 8.58 Å². The van der Waals surface area contributed by atoms with E-state index in [2.05, 4.69) is 85.7 Å². The second kappa shape index (κ2) is 11.1. The molecule has 0 bridgehead atoms. The lowest BCUT2D eigenvalue weighted by Gasteiger charge is -2.29. The molecule has 3 rings (SSSR count). The largest absolute Gasteiger partial charge is 0.467 e. The van der Waals surface area contributed by atoms with Crippen LogP contribution in [0.5, 0.6) is 5.75 Å². The second-order valence-corrected chi connectivity index (χ2v) is 12.4. The molecular weight excluding hydrogens is 449 g/mol. The predicted octanol–water partition coefficient (Wildman–Crippen LogP) is 7.34. The van der Waals surface area contributed by atoms with Crippen molar-refractivity contribution in [2.24, 2.45) is 4.99 Å². The average Bonchev–Trinajstić information content (AvgIpc) is 2.78. The van der Waals surface area contributed by atoms with Gasteiger partial charge < -0.3 is 9.47 Å². The number of hydrogen-bond donors (Lipinski definition) is 0. The number of aliphatic imine (C=N–C) groups is 1. The van der Waals surface area contributed by atoms with Gasteiger partial charge in [0, 0.05) is 29.3 Å². The van der Waals surface area contributed by atoms with Gasteiger partial charge in [-0.05, 0) is 59.3 Å². The van der Waals surface area contributed by atoms with Crippen LogP contribution in [0.2, 0.25) is 0 Å². The molecule has 0 fully saturated rings. The molecule has 35 heavy (non-hydrogen) atoms. The first kappa shape index (κ1) is 27.1. The fraction of sp³-hybridized carbons (Fsp3) is 0.387. The van der Waals surface area contributed by atoms with Gasteiger partial charge in [0.1, 0.15) is 5.75 Å². The van der Waals surface area contributed by atoms with Crippen molar-refractivity contribution in [2.75, 3.05) is 13.9 Å². The van der Waals surface area contributed by atoms with Crippen molar-refractivity contribution < 1.29 is 9.47 Å². The summed E-state index contributed by atoms with van der Waals surface area (Å²) in [5.41, 5.74) is 6.93. The number of ether oxygens (including phenoxy) is 2. The summed E-state index contributed by atoms with van der Waals surface area (Å²) in [5, 5.41) is 2.51. The highest BCUT2D eigenvalue weighted by Gasteiger charge is 2.27. The summed E-state index contributed by atoms with van der Waals surface area (Å²) in [4.78, 5) is 4.93. The highest BCUT2D eigenvalue weighted by Crippen LogP contribution is 2.37. The zero-order valence-corrected chi connectivity index (χ0v) is 23.7. The molecule has 0 aliphatic carbocycles. The van der Waals surface area contributed by atoms with Crippen LogP contribution in [0.1, 0.15) is 70.7 Å². The Hall–Kier alpha value is -2.48. The summed E-state index contributed by atoms with van der Waals surface area (Å²) in [5.74, 6) is 0.942. The molecule has 1 unspecified atom stereocenters. The molecule has 186 valence electrons. The van der Waals surface area contributed by atoms with E-state index in [0.717, 1.165) is 17.1 Å². The molecule has 3 nitrogen and oxygen atoms in total. The molecule has 0 N–H and O–H groups in total. The monoisotopic (exact) mass is 489 g/mol. The maximum Gasteiger partial charge on any atom is 0.188 e. The highest BCUT2D eigenvalue weighted by atomic mass is 31.1. The van der Waals surface area contributed by atoms with Gasteiger partial charge in [0.05, 0.1) is 5.69 Å². The van der Waals surface area contributed by atoms with E-state index in [-0.39, 0.29) is 17.6 Å². The molecule has 3 aromatic rings. The number of hydrogen-bond acceptors (Lipinski definition) is 3. The summed E-state index contributed by atoms with van der Waals surface area (Å²) < 4.78 is 11.6. The Morgan fingerprint density at radius 3 is 2.17 bits per heavy atom. The SMILES string of the molecule is COCOc1c(Pc2c(C)cccc2C(C)=Nc2ccccc2)cc(C(C)(C)C)cc1C(C)(C)C. The van der Waals surface area contributed by atoms with E-state index in [1.807, 2.05) is 30.3 Å². The fourth-order valence-electron chi connectivity index (χ4n) is 4.01. The summed E-state index contributed by atoms with van der Waals surface area (Å²) in [6.07, 6.45) is 0. The first-order valence-corrected chi connectivity index (χ1v) is 13.2. The lowest BCUT2D eigenvalue weighted by atomic mass is 9.80. The zero-order chi connectivity index (χ0) is 25.8. The third-order valence-corrected chi connectivity index (χ3v) is 7.61. The maximum atomic E-state index is 6.27. The molecule has 0 saturated carbocycles. The lowest BCUT2D eigenvalue weighted by molar-refractivity contribution is 0.0506. The van der Waals surface area contributed by atoms with Crippen molar-refractivity contribution in [3.63, 3.8) is 0 Å². The van der Waals surface area contributed by atoms with E-state index in [4.69, 9.17) is 14.5 Å².